The molecule has 1 amide bonds. The summed E-state index contributed by atoms with van der Waals surface area (Å²) >= 11 is 0. The van der Waals surface area contributed by atoms with Gasteiger partial charge in [0.25, 0.3) is 0 Å². The molecule has 138 valence electrons. The third-order valence-corrected chi connectivity index (χ3v) is 5.02. The number of amides is 1. The summed E-state index contributed by atoms with van der Waals surface area (Å²) < 4.78 is 37.8. The summed E-state index contributed by atoms with van der Waals surface area (Å²) in [5, 5.41) is 6.39. The standard InChI is InChI=1S/C18H24F3N3O/c19-18(20,21)15-3-1-13(2-4-15)11-24-10-7-16(12-24)23-17(25)14-5-8-22-9-6-14/h1-4,14,16,22H,5-12H2,(H,23,25). The van der Waals surface area contributed by atoms with Gasteiger partial charge in [0.05, 0.1) is 5.56 Å². The van der Waals surface area contributed by atoms with Crippen LogP contribution in [-0.4, -0.2) is 43.0 Å². The van der Waals surface area contributed by atoms with Crippen LogP contribution in [0.2, 0.25) is 0 Å². The normalized spacial score (nSPS) is 22.9. The molecule has 1 aromatic rings. The zero-order valence-electron chi connectivity index (χ0n) is 14.1. The van der Waals surface area contributed by atoms with Crippen LogP contribution in [0.4, 0.5) is 13.2 Å². The van der Waals surface area contributed by atoms with Gasteiger partial charge in [-0.15, -0.1) is 0 Å². The second-order valence-corrected chi connectivity index (χ2v) is 6.95. The Morgan fingerprint density at radius 1 is 1.16 bits per heavy atom. The average molecular weight is 355 g/mol. The van der Waals surface area contributed by atoms with E-state index in [2.05, 4.69) is 15.5 Å². The quantitative estimate of drug-likeness (QED) is 0.872. The SMILES string of the molecule is O=C(NC1CCN(Cc2ccc(C(F)(F)F)cc2)C1)C1CCNCC1. The number of nitrogens with zero attached hydrogens (tertiary/aromatic N) is 1. The van der Waals surface area contributed by atoms with E-state index in [4.69, 9.17) is 0 Å². The number of hydrogen-bond donors (Lipinski definition) is 2. The number of rotatable bonds is 4. The maximum atomic E-state index is 12.6. The van der Waals surface area contributed by atoms with Crippen LogP contribution in [0, 0.1) is 5.92 Å². The van der Waals surface area contributed by atoms with Gasteiger partial charge in [-0.2, -0.15) is 13.2 Å². The number of benzene rings is 1. The van der Waals surface area contributed by atoms with Crippen molar-refractivity contribution in [1.29, 1.82) is 0 Å². The zero-order chi connectivity index (χ0) is 17.9. The molecule has 0 aromatic heterocycles. The summed E-state index contributed by atoms with van der Waals surface area (Å²) in [5.41, 5.74) is 0.239. The van der Waals surface area contributed by atoms with Crippen LogP contribution >= 0.6 is 0 Å². The summed E-state index contributed by atoms with van der Waals surface area (Å²) in [6.45, 7) is 3.99. The Balaban J connectivity index is 1.47. The Bertz CT molecular complexity index is 582. The fourth-order valence-electron chi connectivity index (χ4n) is 3.55. The van der Waals surface area contributed by atoms with Crippen molar-refractivity contribution < 1.29 is 18.0 Å². The van der Waals surface area contributed by atoms with Crippen LogP contribution in [0.1, 0.15) is 30.4 Å². The minimum Gasteiger partial charge on any atom is -0.352 e. The monoisotopic (exact) mass is 355 g/mol. The van der Waals surface area contributed by atoms with E-state index in [9.17, 15) is 18.0 Å². The third-order valence-electron chi connectivity index (χ3n) is 5.02. The predicted molar refractivity (Wildman–Crippen MR) is 88.9 cm³/mol. The number of nitrogens with one attached hydrogen (secondary N) is 2. The van der Waals surface area contributed by atoms with Gasteiger partial charge in [0.15, 0.2) is 0 Å². The molecule has 2 fully saturated rings. The fourth-order valence-corrected chi connectivity index (χ4v) is 3.55. The molecule has 2 aliphatic heterocycles. The molecule has 0 radical (unpaired) electrons. The topological polar surface area (TPSA) is 44.4 Å². The van der Waals surface area contributed by atoms with Crippen molar-refractivity contribution in [3.05, 3.63) is 35.4 Å². The highest BCUT2D eigenvalue weighted by Gasteiger charge is 2.30. The van der Waals surface area contributed by atoms with Crippen LogP contribution in [0.25, 0.3) is 0 Å². The first-order valence-electron chi connectivity index (χ1n) is 8.81. The first kappa shape index (κ1) is 18.2. The van der Waals surface area contributed by atoms with Gasteiger partial charge in [0.1, 0.15) is 0 Å². The number of carbonyl (C=O) groups is 1. The van der Waals surface area contributed by atoms with E-state index in [1.807, 2.05) is 0 Å². The molecule has 4 nitrogen and oxygen atoms in total. The lowest BCUT2D eigenvalue weighted by Crippen LogP contribution is -2.43. The van der Waals surface area contributed by atoms with Crippen molar-refractivity contribution in [2.24, 2.45) is 5.92 Å². The molecule has 0 spiro atoms. The van der Waals surface area contributed by atoms with Gasteiger partial charge >= 0.3 is 6.18 Å². The summed E-state index contributed by atoms with van der Waals surface area (Å²) in [7, 11) is 0. The highest BCUT2D eigenvalue weighted by Crippen LogP contribution is 2.29. The lowest BCUT2D eigenvalue weighted by atomic mass is 9.97. The minimum absolute atomic E-state index is 0.102. The van der Waals surface area contributed by atoms with Crippen LogP contribution in [0.3, 0.4) is 0 Å². The zero-order valence-corrected chi connectivity index (χ0v) is 14.1. The lowest BCUT2D eigenvalue weighted by molar-refractivity contribution is -0.137. The number of halogens is 3. The number of alkyl halides is 3. The number of carbonyl (C=O) groups excluding carboxylic acids is 1. The van der Waals surface area contributed by atoms with Gasteiger partial charge in [-0.05, 0) is 50.0 Å². The molecule has 0 aliphatic carbocycles. The number of piperidine rings is 1. The Hall–Kier alpha value is -1.60. The van der Waals surface area contributed by atoms with Crippen molar-refractivity contribution in [2.75, 3.05) is 26.2 Å². The molecule has 2 heterocycles. The molecule has 25 heavy (non-hydrogen) atoms. The molecule has 1 aromatic carbocycles. The molecule has 2 N–H and O–H groups in total. The Labute approximate surface area is 145 Å². The van der Waals surface area contributed by atoms with Crippen LogP contribution in [0.5, 0.6) is 0 Å². The highest BCUT2D eigenvalue weighted by molar-refractivity contribution is 5.79. The van der Waals surface area contributed by atoms with E-state index in [1.54, 1.807) is 0 Å². The lowest BCUT2D eigenvalue weighted by Gasteiger charge is -2.24. The first-order chi connectivity index (χ1) is 11.9. The summed E-state index contributed by atoms with van der Waals surface area (Å²) in [6, 6.07) is 5.45. The largest absolute Gasteiger partial charge is 0.416 e. The van der Waals surface area contributed by atoms with Gasteiger partial charge in [0.2, 0.25) is 5.91 Å². The van der Waals surface area contributed by atoms with Crippen LogP contribution in [0.15, 0.2) is 24.3 Å². The van der Waals surface area contributed by atoms with Crippen molar-refractivity contribution in [3.8, 4) is 0 Å². The van der Waals surface area contributed by atoms with Crippen LogP contribution in [-0.2, 0) is 17.5 Å². The van der Waals surface area contributed by atoms with E-state index in [1.165, 1.54) is 12.1 Å². The first-order valence-corrected chi connectivity index (χ1v) is 8.81. The van der Waals surface area contributed by atoms with Crippen molar-refractivity contribution >= 4 is 5.91 Å². The summed E-state index contributed by atoms with van der Waals surface area (Å²) in [4.78, 5) is 14.5. The van der Waals surface area contributed by atoms with Gasteiger partial charge < -0.3 is 10.6 Å². The number of hydrogen-bond acceptors (Lipinski definition) is 3. The van der Waals surface area contributed by atoms with E-state index in [0.717, 1.165) is 63.1 Å². The summed E-state index contributed by atoms with van der Waals surface area (Å²) in [5.74, 6) is 0.244. The Morgan fingerprint density at radius 3 is 2.48 bits per heavy atom. The fraction of sp³-hybridized carbons (Fsp3) is 0.611. The van der Waals surface area contributed by atoms with Crippen molar-refractivity contribution in [3.63, 3.8) is 0 Å². The third kappa shape index (κ3) is 4.95. The maximum absolute atomic E-state index is 12.6. The van der Waals surface area contributed by atoms with Gasteiger partial charge in [0, 0.05) is 31.6 Å². The molecule has 0 bridgehead atoms. The molecular formula is C18H24F3N3O. The maximum Gasteiger partial charge on any atom is 0.416 e. The van der Waals surface area contributed by atoms with Crippen LogP contribution < -0.4 is 10.6 Å². The van der Waals surface area contributed by atoms with Gasteiger partial charge in [-0.3, -0.25) is 9.69 Å². The Morgan fingerprint density at radius 2 is 1.84 bits per heavy atom. The van der Waals surface area contributed by atoms with E-state index in [0.29, 0.717) is 6.54 Å². The highest BCUT2D eigenvalue weighted by atomic mass is 19.4. The van der Waals surface area contributed by atoms with E-state index < -0.39 is 11.7 Å². The molecular weight excluding hydrogens is 331 g/mol. The molecule has 3 rings (SSSR count). The molecule has 1 unspecified atom stereocenters. The Kier molecular flexibility index (Phi) is 5.64. The predicted octanol–water partition coefficient (Wildman–Crippen LogP) is 2.40. The van der Waals surface area contributed by atoms with Gasteiger partial charge in [-0.25, -0.2) is 0 Å². The van der Waals surface area contributed by atoms with Gasteiger partial charge in [-0.1, -0.05) is 12.1 Å². The molecule has 7 heteroatoms. The van der Waals surface area contributed by atoms with E-state index >= 15 is 0 Å². The molecule has 0 saturated carbocycles. The molecule has 1 atom stereocenters. The van der Waals surface area contributed by atoms with Crippen molar-refractivity contribution in [2.45, 2.75) is 38.0 Å². The second-order valence-electron chi connectivity index (χ2n) is 6.95. The molecule has 2 saturated heterocycles. The second kappa shape index (κ2) is 7.74. The van der Waals surface area contributed by atoms with Crippen molar-refractivity contribution in [1.82, 2.24) is 15.5 Å². The van der Waals surface area contributed by atoms with E-state index in [-0.39, 0.29) is 17.9 Å². The number of likely N-dealkylation sites (tertiary alicyclic amines) is 1. The molecule has 2 aliphatic rings. The smallest absolute Gasteiger partial charge is 0.352 e. The summed E-state index contributed by atoms with van der Waals surface area (Å²) in [6.07, 6.45) is -1.64. The average Bonchev–Trinajstić information content (AvgIpc) is 3.02. The minimum atomic E-state index is -4.30.